The molecule has 0 radical (unpaired) electrons. The smallest absolute Gasteiger partial charge is 0.153 e. The Kier molecular flexibility index (Phi) is 5.22. The van der Waals surface area contributed by atoms with Crippen LogP contribution in [0.4, 0.5) is 14.5 Å². The maximum absolute atomic E-state index is 13.2. The Morgan fingerprint density at radius 1 is 1.41 bits per heavy atom. The maximum atomic E-state index is 13.2. The predicted molar refractivity (Wildman–Crippen MR) is 60.5 cm³/mol. The van der Waals surface area contributed by atoms with Crippen molar-refractivity contribution in [2.75, 3.05) is 20.8 Å². The van der Waals surface area contributed by atoms with Crippen LogP contribution in [0.5, 0.6) is 0 Å². The van der Waals surface area contributed by atoms with Crippen molar-refractivity contribution in [2.24, 2.45) is 10.2 Å². The van der Waals surface area contributed by atoms with E-state index in [0.29, 0.717) is 6.67 Å². The van der Waals surface area contributed by atoms with Gasteiger partial charge in [-0.15, -0.1) is 0 Å². The summed E-state index contributed by atoms with van der Waals surface area (Å²) in [6.07, 6.45) is 3.67. The van der Waals surface area contributed by atoms with Crippen molar-refractivity contribution in [3.8, 4) is 0 Å². The highest BCUT2D eigenvalue weighted by Crippen LogP contribution is 2.18. The lowest BCUT2D eigenvalue weighted by Gasteiger charge is -2.07. The van der Waals surface area contributed by atoms with Crippen molar-refractivity contribution in [2.45, 2.75) is 0 Å². The van der Waals surface area contributed by atoms with Gasteiger partial charge < -0.3 is 10.2 Å². The molecule has 6 heteroatoms. The van der Waals surface area contributed by atoms with E-state index in [9.17, 15) is 8.78 Å². The molecule has 1 aromatic carbocycles. The Labute approximate surface area is 98.7 Å². The van der Waals surface area contributed by atoms with E-state index in [4.69, 9.17) is 0 Å². The van der Waals surface area contributed by atoms with E-state index in [1.54, 1.807) is 4.90 Å². The summed E-state index contributed by atoms with van der Waals surface area (Å²) in [5.74, 6) is -1.34. The van der Waals surface area contributed by atoms with Crippen LogP contribution < -0.4 is 5.32 Å². The molecule has 0 unspecified atom stereocenters. The first-order valence-corrected chi connectivity index (χ1v) is 5.12. The normalized spacial score (nSPS) is 11.5. The van der Waals surface area contributed by atoms with Crippen LogP contribution in [-0.4, -0.2) is 25.7 Å². The van der Waals surface area contributed by atoms with Crippen molar-refractivity contribution < 1.29 is 14.1 Å². The Morgan fingerprint density at radius 3 is 2.82 bits per heavy atom. The van der Waals surface area contributed by atoms with Gasteiger partial charge in [0.1, 0.15) is 24.4 Å². The third-order valence-electron chi connectivity index (χ3n) is 1.91. The quantitative estimate of drug-likeness (QED) is 0.782. The lowest BCUT2D eigenvalue weighted by molar-refractivity contribution is -0.557. The summed E-state index contributed by atoms with van der Waals surface area (Å²) < 4.78 is 25.8. The number of azo groups is 1. The molecule has 1 rings (SSSR count). The molecular formula is C11H15F2N4+. The zero-order chi connectivity index (χ0) is 12.7. The number of hydrogen-bond acceptors (Lipinski definition) is 3. The van der Waals surface area contributed by atoms with Gasteiger partial charge in [0.2, 0.25) is 0 Å². The summed E-state index contributed by atoms with van der Waals surface area (Å²) in [6.45, 7) is 0.307. The lowest BCUT2D eigenvalue weighted by Crippen LogP contribution is -2.72. The van der Waals surface area contributed by atoms with E-state index in [-0.39, 0.29) is 5.69 Å². The molecule has 0 aliphatic carbocycles. The molecule has 0 saturated carbocycles. The molecule has 0 aliphatic rings. The van der Waals surface area contributed by atoms with Gasteiger partial charge in [-0.25, -0.2) is 8.78 Å². The van der Waals surface area contributed by atoms with Gasteiger partial charge in [0.15, 0.2) is 5.82 Å². The number of hydrogen-bond donors (Lipinski definition) is 1. The van der Waals surface area contributed by atoms with Gasteiger partial charge >= 0.3 is 0 Å². The molecule has 4 nitrogen and oxygen atoms in total. The highest BCUT2D eigenvalue weighted by molar-refractivity contribution is 5.37. The Balaban J connectivity index is 2.56. The highest BCUT2D eigenvalue weighted by atomic mass is 19.1. The fourth-order valence-corrected chi connectivity index (χ4v) is 1.05. The molecule has 0 atom stereocenters. The van der Waals surface area contributed by atoms with E-state index in [2.05, 4.69) is 10.2 Å². The Morgan fingerprint density at radius 2 is 2.18 bits per heavy atom. The van der Waals surface area contributed by atoms with Crippen LogP contribution in [0.3, 0.4) is 0 Å². The second kappa shape index (κ2) is 6.70. The number of rotatable bonds is 5. The number of nitrogens with zero attached hydrogens (tertiary/aromatic N) is 3. The standard InChI is InChI=1S/C11H14F2N4/c1-14-5-6-17(2)8-15-16-11-4-3-9(12)7-10(11)13/h3-7,14H,8H2,1-2H3/p+1. The first-order valence-electron chi connectivity index (χ1n) is 5.12. The van der Waals surface area contributed by atoms with Gasteiger partial charge in [0, 0.05) is 13.1 Å². The summed E-state index contributed by atoms with van der Waals surface area (Å²) in [7, 11) is 3.72. The van der Waals surface area contributed by atoms with Gasteiger partial charge in [-0.3, -0.25) is 0 Å². The lowest BCUT2D eigenvalue weighted by atomic mass is 10.3. The molecule has 0 aliphatic heterocycles. The Bertz CT molecular complexity index is 418. The van der Waals surface area contributed by atoms with E-state index in [1.165, 1.54) is 6.07 Å². The first-order chi connectivity index (χ1) is 8.13. The van der Waals surface area contributed by atoms with Crippen LogP contribution in [0.25, 0.3) is 0 Å². The van der Waals surface area contributed by atoms with Crippen molar-refractivity contribution in [3.05, 3.63) is 42.2 Å². The second-order valence-corrected chi connectivity index (χ2v) is 3.41. The van der Waals surface area contributed by atoms with Gasteiger partial charge in [0.05, 0.1) is 13.2 Å². The summed E-state index contributed by atoms with van der Waals surface area (Å²) in [5.41, 5.74) is 0.0332. The second-order valence-electron chi connectivity index (χ2n) is 3.41. The molecular weight excluding hydrogens is 226 g/mol. The van der Waals surface area contributed by atoms with E-state index < -0.39 is 11.6 Å². The first kappa shape index (κ1) is 13.2. The molecule has 2 N–H and O–H groups in total. The molecule has 0 heterocycles. The molecule has 0 spiro atoms. The van der Waals surface area contributed by atoms with E-state index in [0.717, 1.165) is 12.1 Å². The largest absolute Gasteiger partial charge is 0.355 e. The molecule has 0 aromatic heterocycles. The molecule has 17 heavy (non-hydrogen) atoms. The molecule has 1 aromatic rings. The monoisotopic (exact) mass is 241 g/mol. The molecule has 92 valence electrons. The number of halogens is 2. The maximum Gasteiger partial charge on any atom is 0.153 e. The number of nitrogens with two attached hydrogens (primary N) is 1. The fourth-order valence-electron chi connectivity index (χ4n) is 1.05. The number of benzene rings is 1. The minimum absolute atomic E-state index is 0.0332. The van der Waals surface area contributed by atoms with Crippen LogP contribution in [0.15, 0.2) is 40.8 Å². The third kappa shape index (κ3) is 4.69. The zero-order valence-electron chi connectivity index (χ0n) is 9.77. The van der Waals surface area contributed by atoms with Gasteiger partial charge in [-0.1, -0.05) is 0 Å². The summed E-state index contributed by atoms with van der Waals surface area (Å²) >= 11 is 0. The zero-order valence-corrected chi connectivity index (χ0v) is 9.77. The topological polar surface area (TPSA) is 44.6 Å². The predicted octanol–water partition coefficient (Wildman–Crippen LogP) is 1.60. The minimum Gasteiger partial charge on any atom is -0.355 e. The fraction of sp³-hybridized carbons (Fsp3) is 0.273. The van der Waals surface area contributed by atoms with E-state index >= 15 is 0 Å². The summed E-state index contributed by atoms with van der Waals surface area (Å²) in [6, 6.07) is 3.18. The Hall–Kier alpha value is -1.82. The van der Waals surface area contributed by atoms with Crippen LogP contribution >= 0.6 is 0 Å². The van der Waals surface area contributed by atoms with Crippen molar-refractivity contribution in [1.82, 2.24) is 4.90 Å². The average Bonchev–Trinajstić information content (AvgIpc) is 2.29. The highest BCUT2D eigenvalue weighted by Gasteiger charge is 2.01. The van der Waals surface area contributed by atoms with Crippen molar-refractivity contribution in [1.29, 1.82) is 0 Å². The molecule has 0 fully saturated rings. The number of quaternary nitrogens is 1. The third-order valence-corrected chi connectivity index (χ3v) is 1.91. The molecule has 0 bridgehead atoms. The van der Waals surface area contributed by atoms with Crippen LogP contribution in [0, 0.1) is 11.6 Å². The van der Waals surface area contributed by atoms with Crippen LogP contribution in [0.1, 0.15) is 0 Å². The molecule has 0 amide bonds. The SMILES string of the molecule is C[NH2+]C=CN(C)CN=Nc1ccc(F)cc1F. The van der Waals surface area contributed by atoms with Gasteiger partial charge in [0.25, 0.3) is 0 Å². The van der Waals surface area contributed by atoms with Gasteiger partial charge in [-0.05, 0) is 12.1 Å². The van der Waals surface area contributed by atoms with Gasteiger partial charge in [-0.2, -0.15) is 10.2 Å². The van der Waals surface area contributed by atoms with Crippen molar-refractivity contribution in [3.63, 3.8) is 0 Å². The van der Waals surface area contributed by atoms with Crippen LogP contribution in [0.2, 0.25) is 0 Å². The summed E-state index contributed by atoms with van der Waals surface area (Å²) in [5, 5.41) is 9.38. The minimum atomic E-state index is -0.714. The van der Waals surface area contributed by atoms with Crippen molar-refractivity contribution >= 4 is 5.69 Å². The molecule has 0 saturated heterocycles. The van der Waals surface area contributed by atoms with Crippen LogP contribution in [-0.2, 0) is 0 Å². The average molecular weight is 241 g/mol. The van der Waals surface area contributed by atoms with E-state index in [1.807, 2.05) is 31.8 Å². The summed E-state index contributed by atoms with van der Waals surface area (Å²) in [4.78, 5) is 1.78.